The van der Waals surface area contributed by atoms with E-state index in [1.807, 2.05) is 0 Å². The first-order valence-corrected chi connectivity index (χ1v) is 9.89. The third-order valence-corrected chi connectivity index (χ3v) is 6.51. The molecule has 0 spiro atoms. The van der Waals surface area contributed by atoms with Crippen molar-refractivity contribution in [3.8, 4) is 0 Å². The van der Waals surface area contributed by atoms with E-state index >= 15 is 0 Å². The van der Waals surface area contributed by atoms with Crippen molar-refractivity contribution in [2.24, 2.45) is 5.73 Å². The van der Waals surface area contributed by atoms with Gasteiger partial charge in [0.1, 0.15) is 0 Å². The first kappa shape index (κ1) is 17.4. The topological polar surface area (TPSA) is 118 Å². The van der Waals surface area contributed by atoms with Crippen LogP contribution >= 0.6 is 0 Å². The van der Waals surface area contributed by atoms with E-state index in [9.17, 15) is 16.8 Å². The van der Waals surface area contributed by atoms with Gasteiger partial charge in [-0.3, -0.25) is 0 Å². The lowest BCUT2D eigenvalue weighted by Gasteiger charge is -2.23. The maximum Gasteiger partial charge on any atom is 0.241 e. The lowest BCUT2D eigenvalue weighted by atomic mass is 10.1. The van der Waals surface area contributed by atoms with Crippen molar-refractivity contribution in [1.29, 1.82) is 0 Å². The van der Waals surface area contributed by atoms with Gasteiger partial charge in [0.15, 0.2) is 0 Å². The lowest BCUT2D eigenvalue weighted by Crippen LogP contribution is -2.48. The van der Waals surface area contributed by atoms with Gasteiger partial charge in [0.25, 0.3) is 0 Å². The largest absolute Gasteiger partial charge is 0.329 e. The molecule has 0 amide bonds. The molecule has 1 saturated carbocycles. The maximum absolute atomic E-state index is 12.2. The molecule has 9 heteroatoms. The molecule has 0 aromatic heterocycles. The van der Waals surface area contributed by atoms with Crippen LogP contribution < -0.4 is 15.2 Å². The summed E-state index contributed by atoms with van der Waals surface area (Å²) in [5.41, 5.74) is 4.73. The highest BCUT2D eigenvalue weighted by Gasteiger charge is 2.29. The number of hydrogen-bond donors (Lipinski definition) is 3. The summed E-state index contributed by atoms with van der Waals surface area (Å²) in [4.78, 5) is 0.0517. The number of sulfonamides is 2. The van der Waals surface area contributed by atoms with E-state index < -0.39 is 25.6 Å². The molecule has 1 aliphatic rings. The normalized spacial score (nSPS) is 16.7. The number of nitrogens with two attached hydrogens (primary N) is 1. The summed E-state index contributed by atoms with van der Waals surface area (Å²) in [5.74, 6) is 0. The van der Waals surface area contributed by atoms with Crippen molar-refractivity contribution in [2.75, 3.05) is 6.54 Å². The second-order valence-corrected chi connectivity index (χ2v) is 9.46. The van der Waals surface area contributed by atoms with Gasteiger partial charge in [0, 0.05) is 18.1 Å². The van der Waals surface area contributed by atoms with Crippen molar-refractivity contribution >= 4 is 20.0 Å². The molecule has 2 rings (SSSR count). The molecule has 22 heavy (non-hydrogen) atoms. The molecule has 1 aromatic carbocycles. The molecule has 1 aromatic rings. The van der Waals surface area contributed by atoms with Crippen molar-refractivity contribution in [2.45, 2.75) is 48.1 Å². The Balaban J connectivity index is 2.21. The van der Waals surface area contributed by atoms with Crippen LogP contribution in [-0.2, 0) is 20.0 Å². The van der Waals surface area contributed by atoms with Gasteiger partial charge in [-0.15, -0.1) is 0 Å². The Bertz CT molecular complexity index is 736. The van der Waals surface area contributed by atoms with Crippen LogP contribution in [0.5, 0.6) is 0 Å². The molecule has 0 bridgehead atoms. The smallest absolute Gasteiger partial charge is 0.241 e. The average Bonchev–Trinajstić information content (AvgIpc) is 3.21. The predicted octanol–water partition coefficient (Wildman–Crippen LogP) is 0.143. The zero-order chi connectivity index (χ0) is 16.6. The second kappa shape index (κ2) is 5.89. The highest BCUT2D eigenvalue weighted by molar-refractivity contribution is 7.90. The molecule has 1 fully saturated rings. The molecule has 124 valence electrons. The summed E-state index contributed by atoms with van der Waals surface area (Å²) < 4.78 is 53.5. The van der Waals surface area contributed by atoms with Crippen LogP contribution in [0.4, 0.5) is 0 Å². The molecule has 1 aliphatic carbocycles. The van der Waals surface area contributed by atoms with Crippen molar-refractivity contribution in [1.82, 2.24) is 9.44 Å². The van der Waals surface area contributed by atoms with Crippen LogP contribution in [-0.4, -0.2) is 35.0 Å². The molecule has 7 nitrogen and oxygen atoms in total. The zero-order valence-electron chi connectivity index (χ0n) is 12.5. The summed E-state index contributed by atoms with van der Waals surface area (Å²) in [7, 11) is -7.33. The monoisotopic (exact) mass is 347 g/mol. The molecular formula is C13H21N3O4S2. The lowest BCUT2D eigenvalue weighted by molar-refractivity contribution is 0.462. The van der Waals surface area contributed by atoms with Crippen LogP contribution in [0.15, 0.2) is 34.1 Å². The third kappa shape index (κ3) is 4.26. The van der Waals surface area contributed by atoms with Crippen LogP contribution in [0.25, 0.3) is 0 Å². The Kier molecular flexibility index (Phi) is 4.65. The van der Waals surface area contributed by atoms with Crippen LogP contribution in [0.3, 0.4) is 0 Å². The van der Waals surface area contributed by atoms with Gasteiger partial charge in [-0.2, -0.15) is 0 Å². The SMILES string of the molecule is CC(C)(CN)NS(=O)(=O)c1ccc(S(=O)(=O)NC2CC2)cc1. The highest BCUT2D eigenvalue weighted by atomic mass is 32.2. The third-order valence-electron chi connectivity index (χ3n) is 3.26. The Labute approximate surface area is 131 Å². The fraction of sp³-hybridized carbons (Fsp3) is 0.538. The fourth-order valence-corrected chi connectivity index (χ4v) is 4.48. The molecule has 0 heterocycles. The predicted molar refractivity (Wildman–Crippen MR) is 83.2 cm³/mol. The molecule has 0 aliphatic heterocycles. The van der Waals surface area contributed by atoms with Crippen molar-refractivity contribution in [3.63, 3.8) is 0 Å². The number of rotatable bonds is 7. The summed E-state index contributed by atoms with van der Waals surface area (Å²) in [6.45, 7) is 3.48. The Morgan fingerprint density at radius 3 is 1.91 bits per heavy atom. The van der Waals surface area contributed by atoms with Gasteiger partial charge < -0.3 is 5.73 Å². The van der Waals surface area contributed by atoms with E-state index in [4.69, 9.17) is 5.73 Å². The number of benzene rings is 1. The van der Waals surface area contributed by atoms with Gasteiger partial charge in [0.05, 0.1) is 9.79 Å². The van der Waals surface area contributed by atoms with Gasteiger partial charge in [0.2, 0.25) is 20.0 Å². The summed E-state index contributed by atoms with van der Waals surface area (Å²) in [6, 6.07) is 5.12. The van der Waals surface area contributed by atoms with Gasteiger partial charge >= 0.3 is 0 Å². The first-order valence-electron chi connectivity index (χ1n) is 6.92. The summed E-state index contributed by atoms with van der Waals surface area (Å²) >= 11 is 0. The summed E-state index contributed by atoms with van der Waals surface area (Å²) in [6.07, 6.45) is 1.67. The average molecular weight is 347 g/mol. The molecule has 0 saturated heterocycles. The van der Waals surface area contributed by atoms with E-state index in [1.54, 1.807) is 13.8 Å². The van der Waals surface area contributed by atoms with Crippen LogP contribution in [0.1, 0.15) is 26.7 Å². The van der Waals surface area contributed by atoms with Gasteiger partial charge in [-0.05, 0) is 51.0 Å². The van der Waals surface area contributed by atoms with Crippen molar-refractivity contribution in [3.05, 3.63) is 24.3 Å². The Morgan fingerprint density at radius 2 is 1.50 bits per heavy atom. The first-order chi connectivity index (χ1) is 10.1. The number of nitrogens with one attached hydrogen (secondary N) is 2. The number of hydrogen-bond acceptors (Lipinski definition) is 5. The van der Waals surface area contributed by atoms with Crippen LogP contribution in [0, 0.1) is 0 Å². The Morgan fingerprint density at radius 1 is 1.05 bits per heavy atom. The zero-order valence-corrected chi connectivity index (χ0v) is 14.2. The van der Waals surface area contributed by atoms with E-state index in [1.165, 1.54) is 24.3 Å². The second-order valence-electron chi connectivity index (χ2n) is 6.06. The van der Waals surface area contributed by atoms with E-state index in [-0.39, 0.29) is 22.4 Å². The van der Waals surface area contributed by atoms with E-state index in [0.29, 0.717) is 0 Å². The minimum atomic E-state index is -3.75. The fourth-order valence-electron chi connectivity index (χ4n) is 1.75. The molecule has 0 unspecified atom stereocenters. The van der Waals surface area contributed by atoms with Crippen LogP contribution in [0.2, 0.25) is 0 Å². The van der Waals surface area contributed by atoms with Crippen molar-refractivity contribution < 1.29 is 16.8 Å². The maximum atomic E-state index is 12.2. The Hall–Kier alpha value is -1.00. The molecule has 0 atom stereocenters. The van der Waals surface area contributed by atoms with E-state index in [0.717, 1.165) is 12.8 Å². The standard InChI is InChI=1S/C13H21N3O4S2/c1-13(2,9-14)16-22(19,20)12-7-5-11(6-8-12)21(17,18)15-10-3-4-10/h5-8,10,15-16H,3-4,9,14H2,1-2H3. The summed E-state index contributed by atoms with van der Waals surface area (Å²) in [5, 5.41) is 0. The highest BCUT2D eigenvalue weighted by Crippen LogP contribution is 2.23. The van der Waals surface area contributed by atoms with Gasteiger partial charge in [-0.25, -0.2) is 26.3 Å². The van der Waals surface area contributed by atoms with Gasteiger partial charge in [-0.1, -0.05) is 0 Å². The minimum absolute atomic E-state index is 0.000397. The quantitative estimate of drug-likeness (QED) is 0.648. The molecule has 0 radical (unpaired) electrons. The minimum Gasteiger partial charge on any atom is -0.329 e. The van der Waals surface area contributed by atoms with E-state index in [2.05, 4.69) is 9.44 Å². The molecular weight excluding hydrogens is 326 g/mol. The molecule has 4 N–H and O–H groups in total.